The molecule has 0 bridgehead atoms. The molecule has 2 nitrogen and oxygen atoms in total. The van der Waals surface area contributed by atoms with Gasteiger partial charge in [0.1, 0.15) is 6.61 Å². The first-order valence-electron chi connectivity index (χ1n) is 3.91. The van der Waals surface area contributed by atoms with Crippen molar-refractivity contribution in [2.24, 2.45) is 5.92 Å². The Hall–Kier alpha value is -0.790. The Bertz CT molecular complexity index is 136. The van der Waals surface area contributed by atoms with E-state index in [1.165, 1.54) is 6.92 Å². The second-order valence-corrected chi connectivity index (χ2v) is 2.90. The number of ether oxygens (including phenoxy) is 1. The van der Waals surface area contributed by atoms with Crippen molar-refractivity contribution in [3.8, 4) is 0 Å². The van der Waals surface area contributed by atoms with Crippen molar-refractivity contribution in [1.29, 1.82) is 0 Å². The highest BCUT2D eigenvalue weighted by Gasteiger charge is 1.88. The van der Waals surface area contributed by atoms with Crippen LogP contribution in [0.2, 0.25) is 0 Å². The van der Waals surface area contributed by atoms with E-state index in [4.69, 9.17) is 4.74 Å². The normalized spacial score (nSPS) is 10.9. The lowest BCUT2D eigenvalue weighted by Crippen LogP contribution is -1.97. The summed E-state index contributed by atoms with van der Waals surface area (Å²) >= 11 is 0. The molecule has 0 aliphatic heterocycles. The van der Waals surface area contributed by atoms with Crippen molar-refractivity contribution in [1.82, 2.24) is 0 Å². The third kappa shape index (κ3) is 9.21. The highest BCUT2D eigenvalue weighted by molar-refractivity contribution is 5.65. The average Bonchev–Trinajstić information content (AvgIpc) is 1.85. The summed E-state index contributed by atoms with van der Waals surface area (Å²) in [5.74, 6) is 0.447. The maximum absolute atomic E-state index is 10.3. The lowest BCUT2D eigenvalue weighted by molar-refractivity contribution is -0.139. The SMILES string of the molecule is CC(=O)OC/C=C/CC(C)C. The number of allylic oxidation sites excluding steroid dienone is 1. The molecule has 0 unspecified atom stereocenters. The summed E-state index contributed by atoms with van der Waals surface area (Å²) in [6, 6.07) is 0. The van der Waals surface area contributed by atoms with E-state index in [2.05, 4.69) is 13.8 Å². The summed E-state index contributed by atoms with van der Waals surface area (Å²) < 4.78 is 4.70. The van der Waals surface area contributed by atoms with E-state index in [1.54, 1.807) is 0 Å². The average molecular weight is 156 g/mol. The molecule has 0 saturated heterocycles. The Morgan fingerprint density at radius 1 is 1.45 bits per heavy atom. The van der Waals surface area contributed by atoms with Gasteiger partial charge >= 0.3 is 5.97 Å². The molecule has 64 valence electrons. The third-order valence-electron chi connectivity index (χ3n) is 1.16. The number of hydrogen-bond acceptors (Lipinski definition) is 2. The van der Waals surface area contributed by atoms with Crippen molar-refractivity contribution in [3.63, 3.8) is 0 Å². The zero-order valence-corrected chi connectivity index (χ0v) is 7.46. The second-order valence-electron chi connectivity index (χ2n) is 2.90. The number of carbonyl (C=O) groups excluding carboxylic acids is 1. The fraction of sp³-hybridized carbons (Fsp3) is 0.667. The number of hydrogen-bond donors (Lipinski definition) is 0. The van der Waals surface area contributed by atoms with Gasteiger partial charge in [-0.05, 0) is 12.3 Å². The summed E-state index contributed by atoms with van der Waals surface area (Å²) in [5.41, 5.74) is 0. The Morgan fingerprint density at radius 2 is 2.09 bits per heavy atom. The van der Waals surface area contributed by atoms with Crippen LogP contribution in [-0.4, -0.2) is 12.6 Å². The van der Waals surface area contributed by atoms with Crippen LogP contribution in [0.25, 0.3) is 0 Å². The highest BCUT2D eigenvalue weighted by atomic mass is 16.5. The molecule has 0 aliphatic rings. The van der Waals surface area contributed by atoms with E-state index in [-0.39, 0.29) is 5.97 Å². The van der Waals surface area contributed by atoms with Gasteiger partial charge in [0.2, 0.25) is 0 Å². The first-order valence-corrected chi connectivity index (χ1v) is 3.91. The quantitative estimate of drug-likeness (QED) is 0.460. The fourth-order valence-electron chi connectivity index (χ4n) is 0.602. The van der Waals surface area contributed by atoms with Crippen LogP contribution in [0, 0.1) is 5.92 Å². The lowest BCUT2D eigenvalue weighted by Gasteiger charge is -1.97. The second kappa shape index (κ2) is 5.96. The van der Waals surface area contributed by atoms with Gasteiger partial charge in [-0.2, -0.15) is 0 Å². The van der Waals surface area contributed by atoms with Crippen LogP contribution >= 0.6 is 0 Å². The summed E-state index contributed by atoms with van der Waals surface area (Å²) in [6.07, 6.45) is 4.95. The first kappa shape index (κ1) is 10.2. The smallest absolute Gasteiger partial charge is 0.302 e. The molecule has 0 radical (unpaired) electrons. The largest absolute Gasteiger partial charge is 0.462 e. The lowest BCUT2D eigenvalue weighted by atomic mass is 10.1. The molecule has 0 aromatic rings. The number of carbonyl (C=O) groups is 1. The molecule has 0 saturated carbocycles. The Balaban J connectivity index is 3.23. The molecule has 2 heteroatoms. The molecule has 11 heavy (non-hydrogen) atoms. The Morgan fingerprint density at radius 3 is 2.55 bits per heavy atom. The predicted molar refractivity (Wildman–Crippen MR) is 45.2 cm³/mol. The molecule has 0 spiro atoms. The molecular weight excluding hydrogens is 140 g/mol. The topological polar surface area (TPSA) is 26.3 Å². The van der Waals surface area contributed by atoms with Gasteiger partial charge in [-0.15, -0.1) is 0 Å². The maximum Gasteiger partial charge on any atom is 0.302 e. The van der Waals surface area contributed by atoms with Crippen molar-refractivity contribution in [3.05, 3.63) is 12.2 Å². The Labute approximate surface area is 68.2 Å². The van der Waals surface area contributed by atoms with E-state index < -0.39 is 0 Å². The van der Waals surface area contributed by atoms with Gasteiger partial charge in [-0.25, -0.2) is 0 Å². The fourth-order valence-corrected chi connectivity index (χ4v) is 0.602. The van der Waals surface area contributed by atoms with Crippen LogP contribution in [0.1, 0.15) is 27.2 Å². The predicted octanol–water partition coefficient (Wildman–Crippen LogP) is 2.15. The first-order chi connectivity index (χ1) is 5.13. The molecule has 0 amide bonds. The monoisotopic (exact) mass is 156 g/mol. The van der Waals surface area contributed by atoms with Crippen molar-refractivity contribution >= 4 is 5.97 Å². The van der Waals surface area contributed by atoms with Crippen molar-refractivity contribution in [2.75, 3.05) is 6.61 Å². The van der Waals surface area contributed by atoms with Crippen LogP contribution < -0.4 is 0 Å². The van der Waals surface area contributed by atoms with E-state index in [9.17, 15) is 4.79 Å². The van der Waals surface area contributed by atoms with Gasteiger partial charge in [0.15, 0.2) is 0 Å². The van der Waals surface area contributed by atoms with Crippen molar-refractivity contribution in [2.45, 2.75) is 27.2 Å². The minimum Gasteiger partial charge on any atom is -0.462 e. The molecule has 0 N–H and O–H groups in total. The molecule has 0 rings (SSSR count). The molecule has 0 fully saturated rings. The van der Waals surface area contributed by atoms with Gasteiger partial charge in [-0.1, -0.05) is 26.0 Å². The summed E-state index contributed by atoms with van der Waals surface area (Å²) in [7, 11) is 0. The molecule has 0 heterocycles. The van der Waals surface area contributed by atoms with E-state index >= 15 is 0 Å². The molecule has 0 atom stereocenters. The highest BCUT2D eigenvalue weighted by Crippen LogP contribution is 1.99. The third-order valence-corrected chi connectivity index (χ3v) is 1.16. The maximum atomic E-state index is 10.3. The molecule has 0 aliphatic carbocycles. The van der Waals surface area contributed by atoms with Gasteiger partial charge < -0.3 is 4.74 Å². The Kier molecular flexibility index (Phi) is 5.53. The molecule has 0 aromatic carbocycles. The van der Waals surface area contributed by atoms with Gasteiger partial charge in [-0.3, -0.25) is 4.79 Å². The van der Waals surface area contributed by atoms with Gasteiger partial charge in [0.25, 0.3) is 0 Å². The summed E-state index contributed by atoms with van der Waals surface area (Å²) in [4.78, 5) is 10.3. The molecular formula is C9H16O2. The minimum atomic E-state index is -0.223. The van der Waals surface area contributed by atoms with Crippen LogP contribution in [0.3, 0.4) is 0 Å². The zero-order chi connectivity index (χ0) is 8.69. The summed E-state index contributed by atoms with van der Waals surface area (Å²) in [5, 5.41) is 0. The number of esters is 1. The van der Waals surface area contributed by atoms with Crippen LogP contribution in [0.4, 0.5) is 0 Å². The zero-order valence-electron chi connectivity index (χ0n) is 7.46. The van der Waals surface area contributed by atoms with Gasteiger partial charge in [0, 0.05) is 6.92 Å². The van der Waals surface area contributed by atoms with E-state index in [0.29, 0.717) is 12.5 Å². The van der Waals surface area contributed by atoms with Crippen LogP contribution in [0.5, 0.6) is 0 Å². The van der Waals surface area contributed by atoms with Crippen LogP contribution in [-0.2, 0) is 9.53 Å². The summed E-state index contributed by atoms with van der Waals surface area (Å²) in [6.45, 7) is 6.12. The van der Waals surface area contributed by atoms with E-state index in [1.807, 2.05) is 12.2 Å². The minimum absolute atomic E-state index is 0.223. The standard InChI is InChI=1S/C9H16O2/c1-8(2)6-4-5-7-11-9(3)10/h4-5,8H,6-7H2,1-3H3/b5-4+. The molecule has 0 aromatic heterocycles. The van der Waals surface area contributed by atoms with Crippen molar-refractivity contribution < 1.29 is 9.53 Å². The number of rotatable bonds is 4. The van der Waals surface area contributed by atoms with Gasteiger partial charge in [0.05, 0.1) is 0 Å². The van der Waals surface area contributed by atoms with Crippen LogP contribution in [0.15, 0.2) is 12.2 Å². The van der Waals surface area contributed by atoms with E-state index in [0.717, 1.165) is 6.42 Å².